The third-order valence-electron chi connectivity index (χ3n) is 3.31. The van der Waals surface area contributed by atoms with Gasteiger partial charge in [0.05, 0.1) is 21.9 Å². The van der Waals surface area contributed by atoms with Crippen LogP contribution in [0.15, 0.2) is 48.7 Å². The second-order valence-corrected chi connectivity index (χ2v) is 6.11. The molecule has 0 saturated carbocycles. The number of carbonyl (C=O) groups excluding carboxylic acids is 1. The Morgan fingerprint density at radius 2 is 1.79 bits per heavy atom. The molecule has 0 unspecified atom stereocenters. The Morgan fingerprint density at radius 1 is 1.08 bits per heavy atom. The molecule has 0 aliphatic carbocycles. The fraction of sp³-hybridized carbons (Fsp3) is 0. The summed E-state index contributed by atoms with van der Waals surface area (Å²) in [6.45, 7) is 0. The van der Waals surface area contributed by atoms with E-state index < -0.39 is 0 Å². The molecular formula is C16H11Cl3N4O. The molecule has 0 aliphatic rings. The zero-order valence-electron chi connectivity index (χ0n) is 12.1. The van der Waals surface area contributed by atoms with Gasteiger partial charge in [-0.25, -0.2) is 4.68 Å². The van der Waals surface area contributed by atoms with Crippen LogP contribution < -0.4 is 11.1 Å². The van der Waals surface area contributed by atoms with Gasteiger partial charge in [-0.2, -0.15) is 5.10 Å². The van der Waals surface area contributed by atoms with Gasteiger partial charge in [-0.15, -0.1) is 0 Å². The molecule has 1 amide bonds. The number of nitrogens with two attached hydrogens (primary N) is 1. The zero-order valence-corrected chi connectivity index (χ0v) is 14.4. The Bertz CT molecular complexity index is 906. The second-order valence-electron chi connectivity index (χ2n) is 4.89. The number of aromatic nitrogens is 2. The van der Waals surface area contributed by atoms with Crippen molar-refractivity contribution < 1.29 is 4.79 Å². The maximum absolute atomic E-state index is 12.4. The first-order valence-corrected chi connectivity index (χ1v) is 7.95. The third kappa shape index (κ3) is 3.19. The number of carbonyl (C=O) groups is 1. The van der Waals surface area contributed by atoms with Gasteiger partial charge >= 0.3 is 0 Å². The summed E-state index contributed by atoms with van der Waals surface area (Å²) >= 11 is 18.0. The van der Waals surface area contributed by atoms with Crippen LogP contribution in [0.3, 0.4) is 0 Å². The van der Waals surface area contributed by atoms with Crippen LogP contribution in [0.1, 0.15) is 10.4 Å². The van der Waals surface area contributed by atoms with Crippen LogP contribution in [0.25, 0.3) is 5.69 Å². The lowest BCUT2D eigenvalue weighted by Gasteiger charge is -2.08. The summed E-state index contributed by atoms with van der Waals surface area (Å²) in [5.41, 5.74) is 7.36. The van der Waals surface area contributed by atoms with Crippen molar-refractivity contribution in [1.82, 2.24) is 9.78 Å². The van der Waals surface area contributed by atoms with Crippen molar-refractivity contribution in [3.63, 3.8) is 0 Å². The van der Waals surface area contributed by atoms with E-state index in [1.807, 2.05) is 0 Å². The molecule has 0 bridgehead atoms. The van der Waals surface area contributed by atoms with Gasteiger partial charge < -0.3 is 11.1 Å². The van der Waals surface area contributed by atoms with Crippen LogP contribution in [0.5, 0.6) is 0 Å². The van der Waals surface area contributed by atoms with Crippen molar-refractivity contribution in [3.8, 4) is 5.69 Å². The molecule has 122 valence electrons. The van der Waals surface area contributed by atoms with E-state index >= 15 is 0 Å². The van der Waals surface area contributed by atoms with E-state index in [1.165, 1.54) is 10.9 Å². The number of hydrogen-bond acceptors (Lipinski definition) is 3. The van der Waals surface area contributed by atoms with Crippen LogP contribution in [-0.4, -0.2) is 15.7 Å². The number of nitrogen functional groups attached to an aromatic ring is 1. The summed E-state index contributed by atoms with van der Waals surface area (Å²) in [6.07, 6.45) is 1.37. The van der Waals surface area contributed by atoms with Crippen molar-refractivity contribution in [2.24, 2.45) is 0 Å². The van der Waals surface area contributed by atoms with E-state index in [0.717, 1.165) is 0 Å². The van der Waals surface area contributed by atoms with Crippen molar-refractivity contribution >= 4 is 52.2 Å². The smallest absolute Gasteiger partial charge is 0.261 e. The van der Waals surface area contributed by atoms with E-state index in [0.29, 0.717) is 26.4 Å². The maximum atomic E-state index is 12.4. The summed E-state index contributed by atoms with van der Waals surface area (Å²) < 4.78 is 1.37. The average Bonchev–Trinajstić information content (AvgIpc) is 2.94. The first kappa shape index (κ1) is 16.6. The van der Waals surface area contributed by atoms with Crippen LogP contribution in [0.2, 0.25) is 15.1 Å². The predicted molar refractivity (Wildman–Crippen MR) is 97.4 cm³/mol. The summed E-state index contributed by atoms with van der Waals surface area (Å²) in [4.78, 5) is 12.4. The fourth-order valence-corrected chi connectivity index (χ4v) is 2.61. The largest absolute Gasteiger partial charge is 0.383 e. The molecule has 0 aliphatic heterocycles. The summed E-state index contributed by atoms with van der Waals surface area (Å²) in [5, 5.41) is 8.11. The van der Waals surface area contributed by atoms with Gasteiger partial charge in [0.15, 0.2) is 0 Å². The lowest BCUT2D eigenvalue weighted by molar-refractivity contribution is 0.102. The molecule has 2 aromatic carbocycles. The van der Waals surface area contributed by atoms with Crippen LogP contribution in [0, 0.1) is 0 Å². The minimum atomic E-state index is -0.390. The van der Waals surface area contributed by atoms with Gasteiger partial charge in [0.1, 0.15) is 11.4 Å². The van der Waals surface area contributed by atoms with Crippen molar-refractivity contribution in [3.05, 3.63) is 69.3 Å². The highest BCUT2D eigenvalue weighted by molar-refractivity contribution is 6.43. The summed E-state index contributed by atoms with van der Waals surface area (Å²) in [6, 6.07) is 11.8. The summed E-state index contributed by atoms with van der Waals surface area (Å²) in [7, 11) is 0. The molecule has 1 aromatic heterocycles. The normalized spacial score (nSPS) is 10.6. The number of anilines is 2. The number of hydrogen-bond donors (Lipinski definition) is 2. The Kier molecular flexibility index (Phi) is 4.66. The molecule has 24 heavy (non-hydrogen) atoms. The van der Waals surface area contributed by atoms with E-state index in [9.17, 15) is 4.79 Å². The number of nitrogens with one attached hydrogen (secondary N) is 1. The van der Waals surface area contributed by atoms with Gasteiger partial charge in [-0.3, -0.25) is 4.79 Å². The van der Waals surface area contributed by atoms with Crippen LogP contribution in [0.4, 0.5) is 11.5 Å². The fourth-order valence-electron chi connectivity index (χ4n) is 2.11. The van der Waals surface area contributed by atoms with Crippen molar-refractivity contribution in [2.45, 2.75) is 0 Å². The highest BCUT2D eigenvalue weighted by Crippen LogP contribution is 2.30. The van der Waals surface area contributed by atoms with Gasteiger partial charge in [0.2, 0.25) is 0 Å². The monoisotopic (exact) mass is 380 g/mol. The van der Waals surface area contributed by atoms with Gasteiger partial charge in [0.25, 0.3) is 5.91 Å². The SMILES string of the molecule is Nc1c(C(=O)Nc2ccc(Cl)cc2)cnn1-c1cccc(Cl)c1Cl. The van der Waals surface area contributed by atoms with Crippen molar-refractivity contribution in [2.75, 3.05) is 11.1 Å². The second kappa shape index (κ2) is 6.73. The first-order chi connectivity index (χ1) is 11.5. The number of halogens is 3. The molecule has 3 rings (SSSR count). The molecular weight excluding hydrogens is 371 g/mol. The minimum absolute atomic E-state index is 0.158. The number of nitrogens with zero attached hydrogens (tertiary/aromatic N) is 2. The van der Waals surface area contributed by atoms with Gasteiger partial charge in [-0.1, -0.05) is 40.9 Å². The lowest BCUT2D eigenvalue weighted by atomic mass is 10.2. The summed E-state index contributed by atoms with van der Waals surface area (Å²) in [5.74, 6) is -0.232. The van der Waals surface area contributed by atoms with Crippen LogP contribution in [-0.2, 0) is 0 Å². The highest BCUT2D eigenvalue weighted by atomic mass is 35.5. The molecule has 0 atom stereocenters. The Morgan fingerprint density at radius 3 is 2.50 bits per heavy atom. The molecule has 1 heterocycles. The molecule has 0 fully saturated rings. The molecule has 3 N–H and O–H groups in total. The minimum Gasteiger partial charge on any atom is -0.383 e. The quantitative estimate of drug-likeness (QED) is 0.692. The molecule has 8 heteroatoms. The average molecular weight is 382 g/mol. The Hall–Kier alpha value is -2.21. The predicted octanol–water partition coefficient (Wildman–Crippen LogP) is 4.67. The number of benzene rings is 2. The topological polar surface area (TPSA) is 72.9 Å². The van der Waals surface area contributed by atoms with Crippen LogP contribution >= 0.6 is 34.8 Å². The molecule has 0 saturated heterocycles. The van der Waals surface area contributed by atoms with Gasteiger partial charge in [0, 0.05) is 10.7 Å². The highest BCUT2D eigenvalue weighted by Gasteiger charge is 2.18. The lowest BCUT2D eigenvalue weighted by Crippen LogP contribution is -2.14. The third-order valence-corrected chi connectivity index (χ3v) is 4.37. The molecule has 0 spiro atoms. The van der Waals surface area contributed by atoms with Crippen molar-refractivity contribution in [1.29, 1.82) is 0 Å². The zero-order chi connectivity index (χ0) is 17.3. The van der Waals surface area contributed by atoms with E-state index in [1.54, 1.807) is 42.5 Å². The van der Waals surface area contributed by atoms with E-state index in [4.69, 9.17) is 40.5 Å². The number of amides is 1. The van der Waals surface area contributed by atoms with E-state index in [-0.39, 0.29) is 17.3 Å². The Labute approximate surface area is 152 Å². The molecule has 5 nitrogen and oxygen atoms in total. The van der Waals surface area contributed by atoms with E-state index in [2.05, 4.69) is 10.4 Å². The van der Waals surface area contributed by atoms with Gasteiger partial charge in [-0.05, 0) is 36.4 Å². The molecule has 0 radical (unpaired) electrons. The first-order valence-electron chi connectivity index (χ1n) is 6.82. The Balaban J connectivity index is 1.91. The standard InChI is InChI=1S/C16H11Cl3N4O/c17-9-4-6-10(7-5-9)22-16(24)11-8-21-23(15(11)20)13-3-1-2-12(18)14(13)19/h1-8H,20H2,(H,22,24). The maximum Gasteiger partial charge on any atom is 0.261 e. The number of rotatable bonds is 3. The molecule has 3 aromatic rings.